The van der Waals surface area contributed by atoms with E-state index in [0.717, 1.165) is 6.42 Å². The van der Waals surface area contributed by atoms with Crippen LogP contribution >= 0.6 is 0 Å². The van der Waals surface area contributed by atoms with Gasteiger partial charge >= 0.3 is 0 Å². The van der Waals surface area contributed by atoms with Crippen LogP contribution in [0.4, 0.5) is 0 Å². The van der Waals surface area contributed by atoms with Gasteiger partial charge in [0.1, 0.15) is 0 Å². The molecule has 0 aromatic carbocycles. The zero-order chi connectivity index (χ0) is 13.1. The molecule has 100 valence electrons. The number of nitrogens with zero attached hydrogens (tertiary/aromatic N) is 1. The Morgan fingerprint density at radius 2 is 2.12 bits per heavy atom. The van der Waals surface area contributed by atoms with Gasteiger partial charge in [-0.1, -0.05) is 20.8 Å². The van der Waals surface area contributed by atoms with E-state index in [9.17, 15) is 4.79 Å². The molecule has 17 heavy (non-hydrogen) atoms. The van der Waals surface area contributed by atoms with Crippen LogP contribution in [-0.4, -0.2) is 42.3 Å². The van der Waals surface area contributed by atoms with E-state index < -0.39 is 5.54 Å². The highest BCUT2D eigenvalue weighted by molar-refractivity contribution is 5.88. The van der Waals surface area contributed by atoms with Gasteiger partial charge in [0.25, 0.3) is 0 Å². The molecule has 0 bridgehead atoms. The standard InChI is InChI=1S/C13H26N2O2/c1-6-13(5)12(16)15(8-9-17-7-2)11(14-13)10(3)4/h10-11,14H,6-9H2,1-5H3. The van der Waals surface area contributed by atoms with Crippen molar-refractivity contribution in [2.45, 2.75) is 52.7 Å². The fourth-order valence-electron chi connectivity index (χ4n) is 2.24. The molecule has 4 nitrogen and oxygen atoms in total. The molecule has 0 radical (unpaired) electrons. The number of carbonyl (C=O) groups is 1. The summed E-state index contributed by atoms with van der Waals surface area (Å²) in [5, 5.41) is 3.46. The summed E-state index contributed by atoms with van der Waals surface area (Å²) in [7, 11) is 0. The highest BCUT2D eigenvalue weighted by Crippen LogP contribution is 2.26. The Morgan fingerprint density at radius 1 is 1.47 bits per heavy atom. The number of ether oxygens (including phenoxy) is 1. The molecule has 1 aliphatic heterocycles. The summed E-state index contributed by atoms with van der Waals surface area (Å²) in [6, 6.07) is 0. The molecule has 0 aromatic heterocycles. The van der Waals surface area contributed by atoms with Crippen LogP contribution in [0, 0.1) is 5.92 Å². The van der Waals surface area contributed by atoms with E-state index in [1.165, 1.54) is 0 Å². The van der Waals surface area contributed by atoms with Crippen molar-refractivity contribution in [3.05, 3.63) is 0 Å². The molecule has 2 unspecified atom stereocenters. The normalized spacial score (nSPS) is 29.4. The Hall–Kier alpha value is -0.610. The van der Waals surface area contributed by atoms with Gasteiger partial charge in [-0.3, -0.25) is 10.1 Å². The molecule has 1 rings (SSSR count). The Balaban J connectivity index is 2.73. The lowest BCUT2D eigenvalue weighted by Gasteiger charge is -2.26. The van der Waals surface area contributed by atoms with Gasteiger partial charge in [-0.15, -0.1) is 0 Å². The molecule has 1 amide bonds. The van der Waals surface area contributed by atoms with Gasteiger partial charge in [0.2, 0.25) is 5.91 Å². The molecule has 0 aromatic rings. The van der Waals surface area contributed by atoms with E-state index in [1.807, 2.05) is 25.7 Å². The number of rotatable bonds is 6. The monoisotopic (exact) mass is 242 g/mol. The first-order valence-corrected chi connectivity index (χ1v) is 6.62. The Bertz CT molecular complexity index is 268. The molecule has 0 spiro atoms. The lowest BCUT2D eigenvalue weighted by molar-refractivity contribution is -0.134. The first-order chi connectivity index (χ1) is 7.96. The van der Waals surface area contributed by atoms with E-state index in [4.69, 9.17) is 4.74 Å². The third-order valence-electron chi connectivity index (χ3n) is 3.55. The average Bonchev–Trinajstić information content (AvgIpc) is 2.55. The molecule has 0 saturated carbocycles. The quantitative estimate of drug-likeness (QED) is 0.719. The van der Waals surface area contributed by atoms with Gasteiger partial charge in [0, 0.05) is 13.2 Å². The molecule has 1 fully saturated rings. The molecule has 0 aliphatic carbocycles. The van der Waals surface area contributed by atoms with Crippen molar-refractivity contribution >= 4 is 5.91 Å². The molecule has 2 atom stereocenters. The molecule has 1 N–H and O–H groups in total. The van der Waals surface area contributed by atoms with Crippen molar-refractivity contribution in [3.63, 3.8) is 0 Å². The first-order valence-electron chi connectivity index (χ1n) is 6.62. The fourth-order valence-corrected chi connectivity index (χ4v) is 2.24. The predicted octanol–water partition coefficient (Wildman–Crippen LogP) is 1.61. The maximum absolute atomic E-state index is 12.4. The van der Waals surface area contributed by atoms with Gasteiger partial charge in [0.05, 0.1) is 18.3 Å². The Kier molecular flexibility index (Phi) is 4.95. The number of carbonyl (C=O) groups excluding carboxylic acids is 1. The van der Waals surface area contributed by atoms with Gasteiger partial charge in [-0.2, -0.15) is 0 Å². The third kappa shape index (κ3) is 2.99. The maximum atomic E-state index is 12.4. The lowest BCUT2D eigenvalue weighted by atomic mass is 9.99. The average molecular weight is 242 g/mol. The van der Waals surface area contributed by atoms with Crippen LogP contribution in [0.3, 0.4) is 0 Å². The number of hydrogen-bond acceptors (Lipinski definition) is 3. The minimum Gasteiger partial charge on any atom is -0.380 e. The smallest absolute Gasteiger partial charge is 0.243 e. The number of hydrogen-bond donors (Lipinski definition) is 1. The van der Waals surface area contributed by atoms with Crippen molar-refractivity contribution in [1.82, 2.24) is 10.2 Å². The summed E-state index contributed by atoms with van der Waals surface area (Å²) >= 11 is 0. The second-order valence-corrected chi connectivity index (χ2v) is 5.21. The van der Waals surface area contributed by atoms with Crippen LogP contribution in [0.25, 0.3) is 0 Å². The molecular formula is C13H26N2O2. The molecule has 1 saturated heterocycles. The van der Waals surface area contributed by atoms with E-state index >= 15 is 0 Å². The minimum atomic E-state index is -0.402. The van der Waals surface area contributed by atoms with E-state index in [1.54, 1.807) is 0 Å². The zero-order valence-electron chi connectivity index (χ0n) is 11.7. The van der Waals surface area contributed by atoms with Crippen LogP contribution in [-0.2, 0) is 9.53 Å². The second kappa shape index (κ2) is 5.83. The van der Waals surface area contributed by atoms with Crippen molar-refractivity contribution in [1.29, 1.82) is 0 Å². The van der Waals surface area contributed by atoms with Crippen molar-refractivity contribution < 1.29 is 9.53 Å². The summed E-state index contributed by atoms with van der Waals surface area (Å²) in [5.74, 6) is 0.618. The summed E-state index contributed by atoms with van der Waals surface area (Å²) in [5.41, 5.74) is -0.402. The van der Waals surface area contributed by atoms with Gasteiger partial charge < -0.3 is 9.64 Å². The second-order valence-electron chi connectivity index (χ2n) is 5.21. The van der Waals surface area contributed by atoms with Gasteiger partial charge in [0.15, 0.2) is 0 Å². The third-order valence-corrected chi connectivity index (χ3v) is 3.55. The SMILES string of the molecule is CCOCCN1C(=O)C(C)(CC)NC1C(C)C. The first kappa shape index (κ1) is 14.5. The fraction of sp³-hybridized carbons (Fsp3) is 0.923. The highest BCUT2D eigenvalue weighted by atomic mass is 16.5. The Labute approximate surface area is 105 Å². The van der Waals surface area contributed by atoms with Crippen LogP contribution in [0.2, 0.25) is 0 Å². The van der Waals surface area contributed by atoms with E-state index in [-0.39, 0.29) is 12.1 Å². The van der Waals surface area contributed by atoms with Crippen LogP contribution in [0.5, 0.6) is 0 Å². The predicted molar refractivity (Wildman–Crippen MR) is 68.7 cm³/mol. The number of nitrogens with one attached hydrogen (secondary N) is 1. The zero-order valence-corrected chi connectivity index (χ0v) is 11.7. The molecular weight excluding hydrogens is 216 g/mol. The molecule has 4 heteroatoms. The number of amides is 1. The molecule has 1 heterocycles. The molecule has 1 aliphatic rings. The van der Waals surface area contributed by atoms with Gasteiger partial charge in [-0.05, 0) is 26.2 Å². The van der Waals surface area contributed by atoms with Gasteiger partial charge in [-0.25, -0.2) is 0 Å². The maximum Gasteiger partial charge on any atom is 0.243 e. The summed E-state index contributed by atoms with van der Waals surface area (Å²) in [6.07, 6.45) is 0.952. The van der Waals surface area contributed by atoms with Crippen molar-refractivity contribution in [3.8, 4) is 0 Å². The van der Waals surface area contributed by atoms with E-state index in [0.29, 0.717) is 25.7 Å². The minimum absolute atomic E-state index is 0.132. The highest BCUT2D eigenvalue weighted by Gasteiger charge is 2.47. The summed E-state index contributed by atoms with van der Waals surface area (Å²) < 4.78 is 5.35. The summed E-state index contributed by atoms with van der Waals surface area (Å²) in [6.45, 7) is 12.3. The summed E-state index contributed by atoms with van der Waals surface area (Å²) in [4.78, 5) is 14.3. The van der Waals surface area contributed by atoms with Crippen LogP contribution < -0.4 is 5.32 Å². The topological polar surface area (TPSA) is 41.6 Å². The Morgan fingerprint density at radius 3 is 2.59 bits per heavy atom. The van der Waals surface area contributed by atoms with Crippen molar-refractivity contribution in [2.24, 2.45) is 5.92 Å². The van der Waals surface area contributed by atoms with E-state index in [2.05, 4.69) is 19.2 Å². The lowest BCUT2D eigenvalue weighted by Crippen LogP contribution is -2.45. The largest absolute Gasteiger partial charge is 0.380 e. The van der Waals surface area contributed by atoms with Crippen LogP contribution in [0.1, 0.15) is 41.0 Å². The van der Waals surface area contributed by atoms with Crippen LogP contribution in [0.15, 0.2) is 0 Å². The van der Waals surface area contributed by atoms with Crippen molar-refractivity contribution in [2.75, 3.05) is 19.8 Å².